The van der Waals surface area contributed by atoms with E-state index in [-0.39, 0.29) is 17.3 Å². The van der Waals surface area contributed by atoms with Gasteiger partial charge in [0, 0.05) is 19.1 Å². The molecule has 0 aromatic heterocycles. The van der Waals surface area contributed by atoms with Gasteiger partial charge in [-0.1, -0.05) is 11.8 Å². The molecule has 84 valence electrons. The zero-order valence-electron chi connectivity index (χ0n) is 7.73. The van der Waals surface area contributed by atoms with E-state index in [0.717, 1.165) is 11.8 Å². The first-order valence-electron chi connectivity index (χ1n) is 4.11. The number of thioether (sulfide) groups is 1. The van der Waals surface area contributed by atoms with Crippen molar-refractivity contribution in [2.45, 2.75) is 31.9 Å². The zero-order chi connectivity index (χ0) is 11.2. The predicted molar refractivity (Wildman–Crippen MR) is 48.2 cm³/mol. The highest BCUT2D eigenvalue weighted by molar-refractivity contribution is 8.13. The van der Waals surface area contributed by atoms with Crippen LogP contribution in [0.3, 0.4) is 0 Å². The van der Waals surface area contributed by atoms with E-state index in [1.807, 2.05) is 0 Å². The molecule has 0 bridgehead atoms. The third kappa shape index (κ3) is 5.47. The Hall–Kier alpha value is -0.260. The Morgan fingerprint density at radius 1 is 1.50 bits per heavy atom. The topological polar surface area (TPSA) is 17.1 Å². The van der Waals surface area contributed by atoms with Crippen LogP contribution in [0.5, 0.6) is 0 Å². The maximum Gasteiger partial charge on any atom is 0.281 e. The molecule has 1 nitrogen and oxygen atoms in total. The first kappa shape index (κ1) is 13.7. The first-order valence-corrected chi connectivity index (χ1v) is 5.10. The average molecular weight is 232 g/mol. The molecular weight excluding hydrogens is 220 g/mol. The molecule has 0 aliphatic carbocycles. The summed E-state index contributed by atoms with van der Waals surface area (Å²) in [5, 5.41) is -0.171. The molecule has 0 radical (unpaired) electrons. The van der Waals surface area contributed by atoms with Crippen LogP contribution in [0.4, 0.5) is 17.6 Å². The normalized spacial score (nSPS) is 14.1. The van der Waals surface area contributed by atoms with Crippen molar-refractivity contribution in [3.63, 3.8) is 0 Å². The third-order valence-corrected chi connectivity index (χ3v) is 2.45. The van der Waals surface area contributed by atoms with Crippen molar-refractivity contribution >= 4 is 16.9 Å². The number of carbonyl (C=O) groups is 1. The minimum absolute atomic E-state index is 0.00231. The number of rotatable bonds is 6. The van der Waals surface area contributed by atoms with Crippen LogP contribution in [0.25, 0.3) is 0 Å². The fourth-order valence-electron chi connectivity index (χ4n) is 0.793. The lowest BCUT2D eigenvalue weighted by atomic mass is 10.1. The van der Waals surface area contributed by atoms with Gasteiger partial charge in [-0.3, -0.25) is 4.79 Å². The van der Waals surface area contributed by atoms with Crippen molar-refractivity contribution in [3.8, 4) is 0 Å². The van der Waals surface area contributed by atoms with Gasteiger partial charge < -0.3 is 0 Å². The molecule has 0 saturated heterocycles. The summed E-state index contributed by atoms with van der Waals surface area (Å²) < 4.78 is 49.2. The third-order valence-electron chi connectivity index (χ3n) is 1.55. The SMILES string of the molecule is CC(=O)SCCCC(F)(F)C(F)CF. The zero-order valence-corrected chi connectivity index (χ0v) is 8.55. The molecule has 6 heteroatoms. The molecular formula is C8H12F4OS. The lowest BCUT2D eigenvalue weighted by Crippen LogP contribution is -2.31. The van der Waals surface area contributed by atoms with Crippen molar-refractivity contribution in [1.82, 2.24) is 0 Å². The molecule has 0 aromatic carbocycles. The highest BCUT2D eigenvalue weighted by Crippen LogP contribution is 2.28. The Kier molecular flexibility index (Phi) is 6.15. The van der Waals surface area contributed by atoms with Gasteiger partial charge in [-0.25, -0.2) is 17.6 Å². The average Bonchev–Trinajstić information content (AvgIpc) is 2.10. The van der Waals surface area contributed by atoms with Crippen molar-refractivity contribution in [3.05, 3.63) is 0 Å². The van der Waals surface area contributed by atoms with Crippen LogP contribution in [0.2, 0.25) is 0 Å². The van der Waals surface area contributed by atoms with E-state index in [2.05, 4.69) is 0 Å². The van der Waals surface area contributed by atoms with E-state index in [9.17, 15) is 22.4 Å². The fraction of sp³-hybridized carbons (Fsp3) is 0.875. The lowest BCUT2D eigenvalue weighted by Gasteiger charge is -2.17. The molecule has 1 unspecified atom stereocenters. The van der Waals surface area contributed by atoms with Crippen LogP contribution in [0, 0.1) is 0 Å². The first-order chi connectivity index (χ1) is 6.40. The molecule has 0 saturated carbocycles. The summed E-state index contributed by atoms with van der Waals surface area (Å²) in [7, 11) is 0. The molecule has 0 amide bonds. The van der Waals surface area contributed by atoms with Crippen LogP contribution in [-0.4, -0.2) is 29.6 Å². The van der Waals surface area contributed by atoms with Gasteiger partial charge in [-0.05, 0) is 6.42 Å². The largest absolute Gasteiger partial charge is 0.288 e. The van der Waals surface area contributed by atoms with Gasteiger partial charge in [0.25, 0.3) is 5.92 Å². The molecule has 0 aliphatic rings. The van der Waals surface area contributed by atoms with Crippen molar-refractivity contribution < 1.29 is 22.4 Å². The Balaban J connectivity index is 3.70. The van der Waals surface area contributed by atoms with Crippen LogP contribution in [-0.2, 0) is 4.79 Å². The fourth-order valence-corrected chi connectivity index (χ4v) is 1.37. The monoisotopic (exact) mass is 232 g/mol. The standard InChI is InChI=1S/C8H12F4OS/c1-6(13)14-4-2-3-8(11,12)7(10)5-9/h7H,2-5H2,1H3. The second-order valence-electron chi connectivity index (χ2n) is 2.83. The van der Waals surface area contributed by atoms with E-state index in [0.29, 0.717) is 0 Å². The van der Waals surface area contributed by atoms with Gasteiger partial charge in [0.15, 0.2) is 11.3 Å². The molecule has 0 fully saturated rings. The summed E-state index contributed by atoms with van der Waals surface area (Å²) in [5.41, 5.74) is 0. The van der Waals surface area contributed by atoms with Crippen LogP contribution < -0.4 is 0 Å². The summed E-state index contributed by atoms with van der Waals surface area (Å²) in [6.07, 6.45) is -3.46. The molecule has 1 atom stereocenters. The number of halogens is 4. The second kappa shape index (κ2) is 6.27. The Labute approximate surface area is 84.2 Å². The van der Waals surface area contributed by atoms with Gasteiger partial charge in [0.2, 0.25) is 0 Å². The van der Waals surface area contributed by atoms with Crippen LogP contribution in [0.15, 0.2) is 0 Å². The summed E-state index contributed by atoms with van der Waals surface area (Å²) >= 11 is 0.903. The number of hydrogen-bond acceptors (Lipinski definition) is 2. The maximum atomic E-state index is 12.6. The quantitative estimate of drug-likeness (QED) is 0.517. The molecule has 0 spiro atoms. The Morgan fingerprint density at radius 3 is 2.50 bits per heavy atom. The summed E-state index contributed by atoms with van der Waals surface area (Å²) in [4.78, 5) is 10.4. The molecule has 0 heterocycles. The minimum Gasteiger partial charge on any atom is -0.288 e. The van der Waals surface area contributed by atoms with Crippen molar-refractivity contribution in [2.75, 3.05) is 12.4 Å². The van der Waals surface area contributed by atoms with E-state index >= 15 is 0 Å². The summed E-state index contributed by atoms with van der Waals surface area (Å²) in [6.45, 7) is -0.352. The van der Waals surface area contributed by atoms with E-state index < -0.39 is 25.2 Å². The van der Waals surface area contributed by atoms with Crippen molar-refractivity contribution in [2.24, 2.45) is 0 Å². The number of hydrogen-bond donors (Lipinski definition) is 0. The second-order valence-corrected chi connectivity index (χ2v) is 4.10. The van der Waals surface area contributed by atoms with Crippen LogP contribution in [0.1, 0.15) is 19.8 Å². The van der Waals surface area contributed by atoms with E-state index in [1.54, 1.807) is 0 Å². The van der Waals surface area contributed by atoms with Gasteiger partial charge >= 0.3 is 0 Å². The summed E-state index contributed by atoms with van der Waals surface area (Å²) in [5.74, 6) is -3.41. The number of carbonyl (C=O) groups excluding carboxylic acids is 1. The van der Waals surface area contributed by atoms with Gasteiger partial charge in [0.1, 0.15) is 6.67 Å². The van der Waals surface area contributed by atoms with E-state index in [4.69, 9.17) is 0 Å². The molecule has 0 aliphatic heterocycles. The molecule has 14 heavy (non-hydrogen) atoms. The minimum atomic E-state index is -3.62. The van der Waals surface area contributed by atoms with Gasteiger partial charge in [-0.2, -0.15) is 0 Å². The van der Waals surface area contributed by atoms with Gasteiger partial charge in [0.05, 0.1) is 0 Å². The predicted octanol–water partition coefficient (Wildman–Crippen LogP) is 2.99. The summed E-state index contributed by atoms with van der Waals surface area (Å²) in [6, 6.07) is 0. The lowest BCUT2D eigenvalue weighted by molar-refractivity contribution is -0.109. The van der Waals surface area contributed by atoms with Crippen molar-refractivity contribution in [1.29, 1.82) is 0 Å². The van der Waals surface area contributed by atoms with Crippen LogP contribution >= 0.6 is 11.8 Å². The molecule has 0 aromatic rings. The highest BCUT2D eigenvalue weighted by atomic mass is 32.2. The maximum absolute atomic E-state index is 12.6. The highest BCUT2D eigenvalue weighted by Gasteiger charge is 2.39. The smallest absolute Gasteiger partial charge is 0.281 e. The van der Waals surface area contributed by atoms with E-state index in [1.165, 1.54) is 6.92 Å². The molecule has 0 rings (SSSR count). The van der Waals surface area contributed by atoms with Gasteiger partial charge in [-0.15, -0.1) is 0 Å². The Morgan fingerprint density at radius 2 is 2.07 bits per heavy atom. The number of alkyl halides is 4. The Bertz CT molecular complexity index is 186. The molecule has 0 N–H and O–H groups in total.